The number of halogens is 1. The van der Waals surface area contributed by atoms with Crippen LogP contribution in [0, 0.1) is 8.99 Å². The van der Waals surface area contributed by atoms with Crippen LogP contribution in [0.15, 0.2) is 12.3 Å². The van der Waals surface area contributed by atoms with E-state index in [1.54, 1.807) is 10.8 Å². The molecular formula is C15H23BINO3. The molecule has 0 aliphatic carbocycles. The molecule has 1 aliphatic heterocycles. The molecule has 0 atom stereocenters. The van der Waals surface area contributed by atoms with E-state index in [4.69, 9.17) is 9.31 Å². The quantitative estimate of drug-likeness (QED) is 0.535. The third-order valence-electron chi connectivity index (χ3n) is 4.21. The van der Waals surface area contributed by atoms with E-state index in [0.717, 1.165) is 9.16 Å². The van der Waals surface area contributed by atoms with E-state index in [1.807, 2.05) is 54.5 Å². The van der Waals surface area contributed by atoms with Gasteiger partial charge in [-0.15, -0.1) is 0 Å². The molecule has 1 aromatic heterocycles. The van der Waals surface area contributed by atoms with Gasteiger partial charge in [0.2, 0.25) is 5.91 Å². The molecule has 116 valence electrons. The van der Waals surface area contributed by atoms with Gasteiger partial charge in [0, 0.05) is 15.2 Å². The molecule has 0 radical (unpaired) electrons. The van der Waals surface area contributed by atoms with E-state index in [0.29, 0.717) is 0 Å². The van der Waals surface area contributed by atoms with Gasteiger partial charge in [-0.2, -0.15) is 0 Å². The Morgan fingerprint density at radius 3 is 2.10 bits per heavy atom. The molecule has 0 bridgehead atoms. The fourth-order valence-electron chi connectivity index (χ4n) is 2.14. The Hall–Kier alpha value is -0.335. The topological polar surface area (TPSA) is 40.5 Å². The first-order chi connectivity index (χ1) is 9.37. The number of carbonyl (C=O) groups excluding carboxylic acids is 1. The van der Waals surface area contributed by atoms with Crippen LogP contribution in [0.4, 0.5) is 0 Å². The van der Waals surface area contributed by atoms with Crippen molar-refractivity contribution in [3.63, 3.8) is 0 Å². The Labute approximate surface area is 140 Å². The Morgan fingerprint density at radius 1 is 1.19 bits per heavy atom. The zero-order chi connectivity index (χ0) is 16.2. The number of hydrogen-bond acceptors (Lipinski definition) is 3. The number of carbonyl (C=O) groups is 1. The molecule has 1 aliphatic rings. The van der Waals surface area contributed by atoms with Gasteiger partial charge in [0.05, 0.1) is 16.8 Å². The second-order valence-electron chi connectivity index (χ2n) is 7.56. The van der Waals surface area contributed by atoms with Crippen molar-refractivity contribution in [2.75, 3.05) is 0 Å². The van der Waals surface area contributed by atoms with Gasteiger partial charge in [-0.05, 0) is 56.4 Å². The fraction of sp³-hybridized carbons (Fsp3) is 0.667. The summed E-state index contributed by atoms with van der Waals surface area (Å²) in [5.41, 5.74) is -0.504. The molecule has 21 heavy (non-hydrogen) atoms. The summed E-state index contributed by atoms with van der Waals surface area (Å²) in [4.78, 5) is 12.6. The molecule has 0 saturated carbocycles. The van der Waals surface area contributed by atoms with Crippen molar-refractivity contribution in [3.8, 4) is 0 Å². The molecule has 4 nitrogen and oxygen atoms in total. The molecule has 6 heteroatoms. The highest BCUT2D eigenvalue weighted by Crippen LogP contribution is 2.37. The maximum absolute atomic E-state index is 12.6. The highest BCUT2D eigenvalue weighted by Gasteiger charge is 2.53. The first-order valence-electron chi connectivity index (χ1n) is 7.14. The van der Waals surface area contributed by atoms with E-state index in [-0.39, 0.29) is 5.91 Å². The van der Waals surface area contributed by atoms with Crippen molar-refractivity contribution in [2.24, 2.45) is 5.41 Å². The second-order valence-corrected chi connectivity index (χ2v) is 8.72. The van der Waals surface area contributed by atoms with Crippen LogP contribution in [-0.4, -0.2) is 28.8 Å². The zero-order valence-corrected chi connectivity index (χ0v) is 15.9. The molecule has 2 rings (SSSR count). The van der Waals surface area contributed by atoms with Crippen molar-refractivity contribution in [1.82, 2.24) is 4.57 Å². The minimum atomic E-state index is -0.525. The largest absolute Gasteiger partial charge is 0.514 e. The van der Waals surface area contributed by atoms with Gasteiger partial charge in [0.1, 0.15) is 0 Å². The highest BCUT2D eigenvalue weighted by atomic mass is 127. The summed E-state index contributed by atoms with van der Waals surface area (Å²) in [6, 6.07) is 1.92. The van der Waals surface area contributed by atoms with Gasteiger partial charge in [-0.25, -0.2) is 0 Å². The molecule has 0 spiro atoms. The summed E-state index contributed by atoms with van der Waals surface area (Å²) >= 11 is 2.22. The lowest BCUT2D eigenvalue weighted by Gasteiger charge is -2.32. The molecule has 1 fully saturated rings. The number of aromatic nitrogens is 1. The highest BCUT2D eigenvalue weighted by molar-refractivity contribution is 14.1. The summed E-state index contributed by atoms with van der Waals surface area (Å²) < 4.78 is 14.8. The lowest BCUT2D eigenvalue weighted by Crippen LogP contribution is -2.45. The molecular weight excluding hydrogens is 380 g/mol. The third-order valence-corrected chi connectivity index (χ3v) is 5.12. The fourth-order valence-corrected chi connectivity index (χ4v) is 2.81. The summed E-state index contributed by atoms with van der Waals surface area (Å²) in [7, 11) is -0.525. The van der Waals surface area contributed by atoms with E-state index >= 15 is 0 Å². The molecule has 1 saturated heterocycles. The van der Waals surface area contributed by atoms with Gasteiger partial charge >= 0.3 is 7.12 Å². The Morgan fingerprint density at radius 2 is 1.67 bits per heavy atom. The molecule has 0 unspecified atom stereocenters. The van der Waals surface area contributed by atoms with Gasteiger partial charge in [0.15, 0.2) is 0 Å². The molecule has 1 aromatic rings. The van der Waals surface area contributed by atoms with Crippen LogP contribution in [0.5, 0.6) is 0 Å². The average Bonchev–Trinajstić information content (AvgIpc) is 2.75. The van der Waals surface area contributed by atoms with E-state index in [1.165, 1.54) is 0 Å². The minimum absolute atomic E-state index is 0.0372. The molecule has 0 N–H and O–H groups in total. The minimum Gasteiger partial charge on any atom is -0.398 e. The van der Waals surface area contributed by atoms with Gasteiger partial charge < -0.3 is 9.31 Å². The number of hydrogen-bond donors (Lipinski definition) is 0. The number of rotatable bonds is 1. The van der Waals surface area contributed by atoms with Gasteiger partial charge in [-0.1, -0.05) is 20.8 Å². The van der Waals surface area contributed by atoms with Crippen molar-refractivity contribution >= 4 is 41.2 Å². The van der Waals surface area contributed by atoms with E-state index in [2.05, 4.69) is 22.6 Å². The van der Waals surface area contributed by atoms with Crippen LogP contribution >= 0.6 is 22.6 Å². The SMILES string of the molecule is CC(C)(C)C(=O)n1ccc(I)c1B1OC(C)(C)C(C)(C)O1. The van der Waals surface area contributed by atoms with Gasteiger partial charge in [-0.3, -0.25) is 9.36 Å². The van der Waals surface area contributed by atoms with Crippen LogP contribution < -0.4 is 5.59 Å². The Balaban J connectivity index is 2.43. The first-order valence-corrected chi connectivity index (χ1v) is 8.22. The second kappa shape index (κ2) is 5.10. The van der Waals surface area contributed by atoms with Crippen molar-refractivity contribution < 1.29 is 14.1 Å². The maximum Gasteiger partial charge on any atom is 0.514 e. The van der Waals surface area contributed by atoms with Gasteiger partial charge in [0.25, 0.3) is 0 Å². The van der Waals surface area contributed by atoms with Crippen LogP contribution in [0.1, 0.15) is 53.3 Å². The third kappa shape index (κ3) is 2.94. The summed E-state index contributed by atoms with van der Waals surface area (Å²) in [6.45, 7) is 13.8. The van der Waals surface area contributed by atoms with Crippen LogP contribution in [0.2, 0.25) is 0 Å². The lowest BCUT2D eigenvalue weighted by molar-refractivity contribution is 0.00578. The average molecular weight is 403 g/mol. The van der Waals surface area contributed by atoms with Crippen molar-refractivity contribution in [1.29, 1.82) is 0 Å². The molecule has 0 aromatic carbocycles. The Bertz CT molecular complexity index is 556. The van der Waals surface area contributed by atoms with Crippen LogP contribution in [0.3, 0.4) is 0 Å². The predicted octanol–water partition coefficient (Wildman–Crippen LogP) is 3.08. The smallest absolute Gasteiger partial charge is 0.398 e. The van der Waals surface area contributed by atoms with Crippen LogP contribution in [0.25, 0.3) is 0 Å². The predicted molar refractivity (Wildman–Crippen MR) is 92.9 cm³/mol. The van der Waals surface area contributed by atoms with E-state index in [9.17, 15) is 4.79 Å². The molecule has 0 amide bonds. The standard InChI is InChI=1S/C15H23BINO3/c1-13(2,3)12(19)18-9-8-10(17)11(18)16-20-14(4,5)15(6,7)21-16/h8-9H,1-7H3. The Kier molecular flexibility index (Phi) is 4.13. The van der Waals surface area contributed by atoms with Crippen molar-refractivity contribution in [3.05, 3.63) is 15.8 Å². The zero-order valence-electron chi connectivity index (χ0n) is 13.8. The first kappa shape index (κ1) is 17.0. The van der Waals surface area contributed by atoms with Crippen LogP contribution in [-0.2, 0) is 9.31 Å². The van der Waals surface area contributed by atoms with Crippen molar-refractivity contribution in [2.45, 2.75) is 59.7 Å². The summed E-state index contributed by atoms with van der Waals surface area (Å²) in [5, 5.41) is 0. The lowest BCUT2D eigenvalue weighted by atomic mass is 9.83. The normalized spacial score (nSPS) is 20.9. The van der Waals surface area contributed by atoms with E-state index < -0.39 is 23.7 Å². The number of nitrogens with zero attached hydrogens (tertiary/aromatic N) is 1. The summed E-state index contributed by atoms with van der Waals surface area (Å²) in [5.74, 6) is 0.0372. The molecule has 2 heterocycles. The monoisotopic (exact) mass is 403 g/mol. The maximum atomic E-state index is 12.6. The summed E-state index contributed by atoms with van der Waals surface area (Å²) in [6.07, 6.45) is 1.80.